The highest BCUT2D eigenvalue weighted by atomic mass is 32.2. The summed E-state index contributed by atoms with van der Waals surface area (Å²) in [6.07, 6.45) is 4.67. The van der Waals surface area contributed by atoms with E-state index in [1.807, 2.05) is 0 Å². The SMILES string of the molecule is COc1ccc(C(=O)NCc2ccc(-n3ccnc3)c(F)c2)cc1S(=O)(=O)N1CCOCC1. The van der Waals surface area contributed by atoms with E-state index in [1.165, 1.54) is 42.0 Å². The van der Waals surface area contributed by atoms with Crippen molar-refractivity contribution in [1.29, 1.82) is 0 Å². The van der Waals surface area contributed by atoms with Gasteiger partial charge in [-0.15, -0.1) is 0 Å². The van der Waals surface area contributed by atoms with E-state index in [2.05, 4.69) is 10.3 Å². The molecular weight excluding hydrogens is 451 g/mol. The van der Waals surface area contributed by atoms with Gasteiger partial charge in [-0.25, -0.2) is 17.8 Å². The van der Waals surface area contributed by atoms with Crippen molar-refractivity contribution in [3.8, 4) is 11.4 Å². The van der Waals surface area contributed by atoms with E-state index in [1.54, 1.807) is 29.1 Å². The average Bonchev–Trinajstić information content (AvgIpc) is 3.37. The molecule has 0 radical (unpaired) electrons. The number of carbonyl (C=O) groups excluding carboxylic acids is 1. The first-order chi connectivity index (χ1) is 15.9. The van der Waals surface area contributed by atoms with Crippen LogP contribution in [0.1, 0.15) is 15.9 Å². The molecule has 1 aliphatic rings. The lowest BCUT2D eigenvalue weighted by atomic mass is 10.1. The number of amides is 1. The highest BCUT2D eigenvalue weighted by Crippen LogP contribution is 2.28. The topological polar surface area (TPSA) is 103 Å². The van der Waals surface area contributed by atoms with Gasteiger partial charge in [-0.1, -0.05) is 6.07 Å². The molecule has 2 aromatic carbocycles. The van der Waals surface area contributed by atoms with Crippen LogP contribution in [-0.2, 0) is 21.3 Å². The zero-order valence-electron chi connectivity index (χ0n) is 17.9. The molecule has 0 unspecified atom stereocenters. The van der Waals surface area contributed by atoms with Crippen LogP contribution in [0.3, 0.4) is 0 Å². The third-order valence-corrected chi connectivity index (χ3v) is 7.18. The summed E-state index contributed by atoms with van der Waals surface area (Å²) in [5.41, 5.74) is 1.05. The molecule has 1 aliphatic heterocycles. The van der Waals surface area contributed by atoms with E-state index >= 15 is 0 Å². The summed E-state index contributed by atoms with van der Waals surface area (Å²) >= 11 is 0. The predicted molar refractivity (Wildman–Crippen MR) is 117 cm³/mol. The van der Waals surface area contributed by atoms with Gasteiger partial charge in [-0.2, -0.15) is 4.31 Å². The summed E-state index contributed by atoms with van der Waals surface area (Å²) in [5, 5.41) is 2.70. The molecule has 1 amide bonds. The van der Waals surface area contributed by atoms with Gasteiger partial charge >= 0.3 is 0 Å². The molecule has 4 rings (SSSR count). The van der Waals surface area contributed by atoms with E-state index in [0.717, 1.165) is 0 Å². The summed E-state index contributed by atoms with van der Waals surface area (Å²) in [6, 6.07) is 8.84. The van der Waals surface area contributed by atoms with Crippen LogP contribution in [0.15, 0.2) is 60.0 Å². The second-order valence-corrected chi connectivity index (χ2v) is 9.23. The number of nitrogens with zero attached hydrogens (tertiary/aromatic N) is 3. The van der Waals surface area contributed by atoms with Crippen LogP contribution in [0.25, 0.3) is 5.69 Å². The van der Waals surface area contributed by atoms with E-state index in [9.17, 15) is 17.6 Å². The molecular formula is C22H23FN4O5S. The predicted octanol–water partition coefficient (Wildman–Crippen LogP) is 1.97. The lowest BCUT2D eigenvalue weighted by molar-refractivity contribution is 0.0729. The normalized spacial score (nSPS) is 14.7. The summed E-state index contributed by atoms with van der Waals surface area (Å²) in [6.45, 7) is 1.12. The van der Waals surface area contributed by atoms with E-state index in [4.69, 9.17) is 9.47 Å². The number of imidazole rings is 1. The van der Waals surface area contributed by atoms with Gasteiger partial charge in [0.1, 0.15) is 16.5 Å². The molecule has 33 heavy (non-hydrogen) atoms. The molecule has 11 heteroatoms. The number of halogens is 1. The summed E-state index contributed by atoms with van der Waals surface area (Å²) < 4.78 is 54.0. The molecule has 3 aromatic rings. The molecule has 1 N–H and O–H groups in total. The van der Waals surface area contributed by atoms with Crippen LogP contribution in [-0.4, -0.2) is 61.6 Å². The first kappa shape index (κ1) is 22.9. The molecule has 0 spiro atoms. The quantitative estimate of drug-likeness (QED) is 0.562. The van der Waals surface area contributed by atoms with Gasteiger partial charge in [0.2, 0.25) is 10.0 Å². The van der Waals surface area contributed by atoms with Crippen molar-refractivity contribution >= 4 is 15.9 Å². The van der Waals surface area contributed by atoms with Crippen molar-refractivity contribution in [3.05, 3.63) is 72.1 Å². The zero-order valence-corrected chi connectivity index (χ0v) is 18.7. The smallest absolute Gasteiger partial charge is 0.251 e. The Morgan fingerprint density at radius 2 is 2.00 bits per heavy atom. The number of hydrogen-bond acceptors (Lipinski definition) is 6. The standard InChI is InChI=1S/C22H23FN4O5S/c1-31-20-5-3-17(13-21(20)33(29,30)27-8-10-32-11-9-27)22(28)25-14-16-2-4-19(18(23)12-16)26-7-6-24-15-26/h2-7,12-13,15H,8-11,14H2,1H3,(H,25,28). The first-order valence-corrected chi connectivity index (χ1v) is 11.6. The van der Waals surface area contributed by atoms with Crippen LogP contribution in [0.4, 0.5) is 4.39 Å². The van der Waals surface area contributed by atoms with Crippen molar-refractivity contribution in [1.82, 2.24) is 19.2 Å². The van der Waals surface area contributed by atoms with Crippen LogP contribution in [0, 0.1) is 5.82 Å². The molecule has 1 fully saturated rings. The monoisotopic (exact) mass is 474 g/mol. The Hall–Kier alpha value is -3.28. The van der Waals surface area contributed by atoms with E-state index < -0.39 is 21.7 Å². The summed E-state index contributed by atoms with van der Waals surface area (Å²) in [5.74, 6) is -0.798. The number of aromatic nitrogens is 2. The third-order valence-electron chi connectivity index (χ3n) is 5.26. The van der Waals surface area contributed by atoms with Gasteiger partial charge in [0.25, 0.3) is 5.91 Å². The van der Waals surface area contributed by atoms with Crippen molar-refractivity contribution < 1.29 is 27.1 Å². The Labute approximate surface area is 190 Å². The lowest BCUT2D eigenvalue weighted by Crippen LogP contribution is -2.40. The molecule has 2 heterocycles. The van der Waals surface area contributed by atoms with Crippen LogP contribution >= 0.6 is 0 Å². The van der Waals surface area contributed by atoms with Crippen LogP contribution < -0.4 is 10.1 Å². The fourth-order valence-electron chi connectivity index (χ4n) is 3.50. The highest BCUT2D eigenvalue weighted by molar-refractivity contribution is 7.89. The number of nitrogens with one attached hydrogen (secondary N) is 1. The number of morpholine rings is 1. The number of methoxy groups -OCH3 is 1. The van der Waals surface area contributed by atoms with Gasteiger partial charge in [0, 0.05) is 37.6 Å². The number of carbonyl (C=O) groups is 1. The minimum atomic E-state index is -3.87. The highest BCUT2D eigenvalue weighted by Gasteiger charge is 2.30. The van der Waals surface area contributed by atoms with E-state index in [-0.39, 0.29) is 35.8 Å². The summed E-state index contributed by atoms with van der Waals surface area (Å²) in [7, 11) is -2.50. The average molecular weight is 475 g/mol. The number of rotatable bonds is 7. The molecule has 0 saturated carbocycles. The summed E-state index contributed by atoms with van der Waals surface area (Å²) in [4.78, 5) is 16.5. The zero-order chi connectivity index (χ0) is 23.4. The van der Waals surface area contributed by atoms with Gasteiger partial charge in [0.05, 0.1) is 32.3 Å². The van der Waals surface area contributed by atoms with Crippen LogP contribution in [0.5, 0.6) is 5.75 Å². The van der Waals surface area contributed by atoms with Gasteiger partial charge in [0.15, 0.2) is 0 Å². The second-order valence-electron chi connectivity index (χ2n) is 7.32. The molecule has 1 saturated heterocycles. The minimum absolute atomic E-state index is 0.0670. The lowest BCUT2D eigenvalue weighted by Gasteiger charge is -2.26. The second kappa shape index (κ2) is 9.69. The van der Waals surface area contributed by atoms with Gasteiger partial charge in [-0.05, 0) is 35.9 Å². The molecule has 0 atom stereocenters. The third kappa shape index (κ3) is 4.90. The number of sulfonamides is 1. The maximum atomic E-state index is 14.4. The van der Waals surface area contributed by atoms with Crippen LogP contribution in [0.2, 0.25) is 0 Å². The Bertz CT molecular complexity index is 1240. The van der Waals surface area contributed by atoms with Crippen molar-refractivity contribution in [2.24, 2.45) is 0 Å². The molecule has 1 aromatic heterocycles. The fraction of sp³-hybridized carbons (Fsp3) is 0.273. The van der Waals surface area contributed by atoms with E-state index in [0.29, 0.717) is 24.5 Å². The molecule has 0 bridgehead atoms. The van der Waals surface area contributed by atoms with Crippen molar-refractivity contribution in [2.75, 3.05) is 33.4 Å². The molecule has 9 nitrogen and oxygen atoms in total. The number of benzene rings is 2. The largest absolute Gasteiger partial charge is 0.495 e. The van der Waals surface area contributed by atoms with Gasteiger partial charge in [-0.3, -0.25) is 4.79 Å². The molecule has 0 aliphatic carbocycles. The Morgan fingerprint density at radius 1 is 1.21 bits per heavy atom. The molecule has 174 valence electrons. The maximum Gasteiger partial charge on any atom is 0.251 e. The Morgan fingerprint density at radius 3 is 2.67 bits per heavy atom. The fourth-order valence-corrected chi connectivity index (χ4v) is 5.09. The van der Waals surface area contributed by atoms with Crippen molar-refractivity contribution in [2.45, 2.75) is 11.4 Å². The van der Waals surface area contributed by atoms with Crippen molar-refractivity contribution in [3.63, 3.8) is 0 Å². The maximum absolute atomic E-state index is 14.4. The first-order valence-electron chi connectivity index (χ1n) is 10.2. The number of hydrogen-bond donors (Lipinski definition) is 1. The minimum Gasteiger partial charge on any atom is -0.495 e. The Kier molecular flexibility index (Phi) is 6.72. The van der Waals surface area contributed by atoms with Gasteiger partial charge < -0.3 is 19.4 Å². The Balaban J connectivity index is 1.50. The number of ether oxygens (including phenoxy) is 2.